The molecule has 1 fully saturated rings. The van der Waals surface area contributed by atoms with E-state index in [0.717, 1.165) is 21.8 Å². The molecule has 277 valence electrons. The summed E-state index contributed by atoms with van der Waals surface area (Å²) in [4.78, 5) is 27.7. The number of fused-ring (bicyclic) bond motifs is 6. The Labute approximate surface area is 300 Å². The van der Waals surface area contributed by atoms with E-state index in [2.05, 4.69) is 11.9 Å². The molecule has 4 aliphatic rings. The van der Waals surface area contributed by atoms with Crippen LogP contribution in [0.25, 0.3) is 0 Å². The minimum absolute atomic E-state index is 0.0409. The Morgan fingerprint density at radius 3 is 2.27 bits per heavy atom. The number of esters is 1. The molecule has 0 unspecified atom stereocenters. The molecule has 1 radical (unpaired) electrons. The highest BCUT2D eigenvalue weighted by Gasteiger charge is 2.50. The van der Waals surface area contributed by atoms with Gasteiger partial charge in [-0.1, -0.05) is 20.4 Å². The summed E-state index contributed by atoms with van der Waals surface area (Å²) in [6, 6.07) is 6.37. The summed E-state index contributed by atoms with van der Waals surface area (Å²) in [5, 5.41) is 16.8. The van der Waals surface area contributed by atoms with Gasteiger partial charge in [0.25, 0.3) is 0 Å². The fourth-order valence-corrected chi connectivity index (χ4v) is 8.11. The van der Waals surface area contributed by atoms with Crippen molar-refractivity contribution in [1.29, 1.82) is 0 Å². The van der Waals surface area contributed by atoms with Crippen molar-refractivity contribution >= 4 is 12.1 Å². The van der Waals surface area contributed by atoms with Crippen molar-refractivity contribution < 1.29 is 48.0 Å². The van der Waals surface area contributed by atoms with Crippen molar-refractivity contribution in [2.45, 2.75) is 122 Å². The van der Waals surface area contributed by atoms with Crippen molar-refractivity contribution in [3.8, 4) is 28.7 Å². The lowest BCUT2D eigenvalue weighted by Crippen LogP contribution is -2.60. The smallest absolute Gasteiger partial charge is 0.408 e. The van der Waals surface area contributed by atoms with E-state index in [1.807, 2.05) is 66.7 Å². The van der Waals surface area contributed by atoms with Gasteiger partial charge in [-0.15, -0.1) is 10.3 Å². The third-order valence-corrected chi connectivity index (χ3v) is 10.4. The van der Waals surface area contributed by atoms with E-state index in [9.17, 15) is 14.8 Å². The lowest BCUT2D eigenvalue weighted by atomic mass is 9.79. The number of alkyl carbamates (subject to hydrolysis) is 1. The van der Waals surface area contributed by atoms with Gasteiger partial charge in [0.05, 0.1) is 20.1 Å². The first kappa shape index (κ1) is 36.6. The maximum absolute atomic E-state index is 14.3. The van der Waals surface area contributed by atoms with Crippen LogP contribution in [0.15, 0.2) is 36.4 Å². The first-order valence-electron chi connectivity index (χ1n) is 17.7. The number of benzene rings is 2. The monoisotopic (exact) mass is 707 g/mol. The zero-order valence-corrected chi connectivity index (χ0v) is 31.1. The van der Waals surface area contributed by atoms with Crippen LogP contribution in [0, 0.1) is 5.92 Å². The molecule has 1 saturated heterocycles. The van der Waals surface area contributed by atoms with Gasteiger partial charge in [-0.3, -0.25) is 0 Å². The molecule has 4 aliphatic heterocycles. The number of ether oxygens (including phenoxy) is 7. The molecule has 0 aliphatic carbocycles. The van der Waals surface area contributed by atoms with Gasteiger partial charge in [0.2, 0.25) is 0 Å². The first-order chi connectivity index (χ1) is 24.0. The molecule has 0 aromatic heterocycles. The highest BCUT2D eigenvalue weighted by molar-refractivity contribution is 5.82. The highest BCUT2D eigenvalue weighted by Crippen LogP contribution is 2.55. The Morgan fingerprint density at radius 2 is 1.65 bits per heavy atom. The van der Waals surface area contributed by atoms with Crippen LogP contribution in [0.2, 0.25) is 0 Å². The topological polar surface area (TPSA) is 134 Å². The average molecular weight is 708 g/mol. The van der Waals surface area contributed by atoms with Gasteiger partial charge < -0.3 is 38.5 Å². The summed E-state index contributed by atoms with van der Waals surface area (Å²) in [7, 11) is 3.12. The largest absolute Gasteiger partial charge is 0.493 e. The van der Waals surface area contributed by atoms with Crippen LogP contribution in [0.4, 0.5) is 4.79 Å². The van der Waals surface area contributed by atoms with Crippen LogP contribution >= 0.6 is 0 Å². The summed E-state index contributed by atoms with van der Waals surface area (Å²) in [6.45, 7) is 17.5. The van der Waals surface area contributed by atoms with Gasteiger partial charge in [0.15, 0.2) is 11.5 Å². The van der Waals surface area contributed by atoms with Gasteiger partial charge in [-0.25, -0.2) is 9.59 Å². The van der Waals surface area contributed by atoms with E-state index < -0.39 is 53.4 Å². The third kappa shape index (κ3) is 7.04. The fourth-order valence-electron chi connectivity index (χ4n) is 8.11. The Hall–Kier alpha value is -4.16. The third-order valence-electron chi connectivity index (χ3n) is 10.4. The van der Waals surface area contributed by atoms with Crippen LogP contribution in [-0.2, 0) is 25.9 Å². The molecule has 0 saturated carbocycles. The molecule has 12 heteroatoms. The Bertz CT molecular complexity index is 1670. The van der Waals surface area contributed by atoms with Crippen LogP contribution in [0.5, 0.6) is 28.7 Å². The maximum atomic E-state index is 14.3. The number of carbonyl (C=O) groups is 2. The second-order valence-electron chi connectivity index (χ2n) is 15.9. The Morgan fingerprint density at radius 1 is 0.980 bits per heavy atom. The van der Waals surface area contributed by atoms with Crippen molar-refractivity contribution in [1.82, 2.24) is 10.4 Å². The maximum Gasteiger partial charge on any atom is 0.408 e. The number of nitrogens with zero attached hydrogens (tertiary/aromatic N) is 1. The number of carbonyl (C=O) groups excluding carboxylic acids is 2. The molecular formula is C39H51N2O10. The van der Waals surface area contributed by atoms with Crippen LogP contribution < -0.4 is 29.0 Å². The molecule has 5 atom stereocenters. The second kappa shape index (κ2) is 13.8. The Kier molecular flexibility index (Phi) is 9.88. The molecule has 51 heavy (non-hydrogen) atoms. The van der Waals surface area contributed by atoms with E-state index in [0.29, 0.717) is 60.0 Å². The quantitative estimate of drug-likeness (QED) is 0.224. The number of nitrogens with one attached hydrogen (secondary N) is 1. The SMILES string of the molecule is C=C(C)[C@H]1Cc2c(ccc3c2O[C@@H]2COc4cc(OC)c(OC)cc4[C@@H]2[C@@H]3OC(=O)[C@H](CC(C)C)NC(=O)OC2CC(C)(C)N([O])C(C)(C)C2)O1. The molecule has 2 aromatic rings. The van der Waals surface area contributed by atoms with Gasteiger partial charge in [0, 0.05) is 53.1 Å². The summed E-state index contributed by atoms with van der Waals surface area (Å²) >= 11 is 0. The normalized spacial score (nSPS) is 25.0. The number of hydroxylamine groups is 2. The standard InChI is InChI=1S/C39H51N2O10/c1-20(2)13-26(40-37(43)48-22-17-38(5,6)41(44)39(7,8)18-22)36(42)51-35-23-11-12-27-25(15-28(49-27)21(3)4)34(23)50-32-19-47-29-16-31(46-10)30(45-9)14-24(29)33(32)35/h11-12,14,16,20,22,26,28,32-33,35H,3,13,15,17-19H2,1-2,4-10H3,(H,40,43)/t26-,28+,32+,33-,35+/m0/s1. The van der Waals surface area contributed by atoms with Crippen molar-refractivity contribution in [3.63, 3.8) is 0 Å². The van der Waals surface area contributed by atoms with Gasteiger partial charge in [0.1, 0.15) is 54.3 Å². The van der Waals surface area contributed by atoms with E-state index in [-0.39, 0.29) is 18.6 Å². The summed E-state index contributed by atoms with van der Waals surface area (Å²) in [6.07, 6.45) is -1.14. The average Bonchev–Trinajstić information content (AvgIpc) is 3.51. The lowest BCUT2D eigenvalue weighted by Gasteiger charge is -2.49. The predicted molar refractivity (Wildman–Crippen MR) is 187 cm³/mol. The molecule has 4 heterocycles. The second-order valence-corrected chi connectivity index (χ2v) is 15.9. The Balaban J connectivity index is 1.32. The van der Waals surface area contributed by atoms with Gasteiger partial charge in [-0.2, -0.15) is 0 Å². The minimum atomic E-state index is -1.00. The highest BCUT2D eigenvalue weighted by atomic mass is 16.6. The van der Waals surface area contributed by atoms with E-state index in [1.54, 1.807) is 20.3 Å². The lowest BCUT2D eigenvalue weighted by molar-refractivity contribution is -0.298. The molecule has 0 bridgehead atoms. The molecule has 6 rings (SSSR count). The number of methoxy groups -OCH3 is 2. The van der Waals surface area contributed by atoms with E-state index >= 15 is 0 Å². The summed E-state index contributed by atoms with van der Waals surface area (Å²) in [5.74, 6) is 1.85. The molecule has 2 aromatic carbocycles. The first-order valence-corrected chi connectivity index (χ1v) is 17.7. The zero-order valence-electron chi connectivity index (χ0n) is 31.1. The van der Waals surface area contributed by atoms with E-state index in [1.165, 1.54) is 0 Å². The molecule has 12 nitrogen and oxygen atoms in total. The van der Waals surface area contributed by atoms with Crippen LogP contribution in [0.1, 0.15) is 96.4 Å². The fraction of sp³-hybridized carbons (Fsp3) is 0.590. The van der Waals surface area contributed by atoms with Gasteiger partial charge in [-0.05, 0) is 70.7 Å². The summed E-state index contributed by atoms with van der Waals surface area (Å²) < 4.78 is 42.7. The zero-order chi connectivity index (χ0) is 37.0. The minimum Gasteiger partial charge on any atom is -0.493 e. The van der Waals surface area contributed by atoms with Crippen molar-refractivity contribution in [2.24, 2.45) is 5.92 Å². The predicted octanol–water partition coefficient (Wildman–Crippen LogP) is 6.61. The number of hydrogen-bond donors (Lipinski definition) is 1. The molecule has 1 amide bonds. The number of amides is 1. The molecular weight excluding hydrogens is 656 g/mol. The number of piperidine rings is 1. The number of rotatable bonds is 9. The number of hydrogen-bond acceptors (Lipinski definition) is 10. The van der Waals surface area contributed by atoms with Crippen LogP contribution in [0.3, 0.4) is 0 Å². The van der Waals surface area contributed by atoms with E-state index in [4.69, 9.17) is 33.2 Å². The van der Waals surface area contributed by atoms with Crippen LogP contribution in [-0.4, -0.2) is 73.4 Å². The molecule has 1 N–H and O–H groups in total. The molecule has 0 spiro atoms. The van der Waals surface area contributed by atoms with Crippen molar-refractivity contribution in [3.05, 3.63) is 53.1 Å². The van der Waals surface area contributed by atoms with Gasteiger partial charge >= 0.3 is 12.1 Å². The van der Waals surface area contributed by atoms with Crippen molar-refractivity contribution in [2.75, 3.05) is 20.8 Å². The summed E-state index contributed by atoms with van der Waals surface area (Å²) in [5.41, 5.74) is 1.76.